The van der Waals surface area contributed by atoms with Gasteiger partial charge in [0.05, 0.1) is 19.3 Å². The number of ether oxygens (including phenoxy) is 2. The first kappa shape index (κ1) is 23.8. The molecule has 0 radical (unpaired) electrons. The van der Waals surface area contributed by atoms with E-state index in [1.165, 1.54) is 13.5 Å². The Kier molecular flexibility index (Phi) is 14.9. The van der Waals surface area contributed by atoms with Crippen molar-refractivity contribution in [1.29, 1.82) is 0 Å². The lowest BCUT2D eigenvalue weighted by atomic mass is 10.00. The average Bonchev–Trinajstić information content (AvgIpc) is 2.68. The molecular formula is C21H32O5. The number of hydrogen-bond acceptors (Lipinski definition) is 5. The summed E-state index contributed by atoms with van der Waals surface area (Å²) in [5, 5.41) is 0. The number of esters is 2. The van der Waals surface area contributed by atoms with Crippen LogP contribution in [0.25, 0.3) is 0 Å². The standard InChI is InChI=1S/C8H8O2.C7H14O2.C6H10O/c1-10-8(9)7-5-3-2-4-6-7;1-3-5-6-7(8)9-4-2;7-6-4-2-1-3-5-6/h2-6H,1H3;3-6H2,1-2H3;1-5H2. The number of carbonyl (C=O) groups is 3. The van der Waals surface area contributed by atoms with E-state index in [1.807, 2.05) is 13.0 Å². The van der Waals surface area contributed by atoms with Gasteiger partial charge in [0, 0.05) is 19.3 Å². The zero-order valence-corrected chi connectivity index (χ0v) is 16.3. The summed E-state index contributed by atoms with van der Waals surface area (Å²) in [7, 11) is 1.37. The van der Waals surface area contributed by atoms with Crippen LogP contribution in [-0.2, 0) is 19.1 Å². The van der Waals surface area contributed by atoms with Crippen LogP contribution in [0.5, 0.6) is 0 Å². The average molecular weight is 364 g/mol. The summed E-state index contributed by atoms with van der Waals surface area (Å²) in [5.74, 6) is 0.103. The topological polar surface area (TPSA) is 69.7 Å². The Balaban J connectivity index is 0.000000366. The molecule has 0 amide bonds. The van der Waals surface area contributed by atoms with E-state index in [0.717, 1.165) is 38.5 Å². The Bertz CT molecular complexity index is 502. The van der Waals surface area contributed by atoms with Crippen molar-refractivity contribution < 1.29 is 23.9 Å². The van der Waals surface area contributed by atoms with Gasteiger partial charge in [-0.3, -0.25) is 9.59 Å². The van der Waals surface area contributed by atoms with Crippen molar-refractivity contribution in [2.24, 2.45) is 0 Å². The highest BCUT2D eigenvalue weighted by Gasteiger charge is 2.06. The molecule has 26 heavy (non-hydrogen) atoms. The van der Waals surface area contributed by atoms with Crippen molar-refractivity contribution in [1.82, 2.24) is 0 Å². The molecule has 1 fully saturated rings. The van der Waals surface area contributed by atoms with Gasteiger partial charge in [0.25, 0.3) is 0 Å². The maximum Gasteiger partial charge on any atom is 0.337 e. The van der Waals surface area contributed by atoms with Crippen LogP contribution in [-0.4, -0.2) is 31.4 Å². The first-order chi connectivity index (χ1) is 12.5. The first-order valence-electron chi connectivity index (χ1n) is 9.35. The second kappa shape index (κ2) is 16.3. The van der Waals surface area contributed by atoms with Gasteiger partial charge in [0.2, 0.25) is 0 Å². The van der Waals surface area contributed by atoms with Gasteiger partial charge in [-0.15, -0.1) is 0 Å². The lowest BCUT2D eigenvalue weighted by Gasteiger charge is -2.05. The number of unbranched alkanes of at least 4 members (excludes halogenated alkanes) is 1. The van der Waals surface area contributed by atoms with Gasteiger partial charge in [-0.05, 0) is 38.3 Å². The minimum atomic E-state index is -0.291. The molecule has 0 saturated heterocycles. The molecule has 0 aliphatic heterocycles. The molecule has 0 N–H and O–H groups in total. The van der Waals surface area contributed by atoms with Crippen LogP contribution in [0.2, 0.25) is 0 Å². The second-order valence-corrected chi connectivity index (χ2v) is 5.87. The number of hydrogen-bond donors (Lipinski definition) is 0. The van der Waals surface area contributed by atoms with E-state index in [2.05, 4.69) is 11.7 Å². The molecule has 0 bridgehead atoms. The van der Waals surface area contributed by atoms with Gasteiger partial charge < -0.3 is 9.47 Å². The molecule has 5 nitrogen and oxygen atoms in total. The van der Waals surface area contributed by atoms with E-state index in [-0.39, 0.29) is 11.9 Å². The van der Waals surface area contributed by atoms with Gasteiger partial charge in [-0.2, -0.15) is 0 Å². The fourth-order valence-electron chi connectivity index (χ4n) is 2.19. The minimum absolute atomic E-state index is 0.0700. The van der Waals surface area contributed by atoms with Crippen molar-refractivity contribution >= 4 is 17.7 Å². The first-order valence-corrected chi connectivity index (χ1v) is 9.35. The molecule has 1 aliphatic carbocycles. The van der Waals surface area contributed by atoms with Gasteiger partial charge >= 0.3 is 11.9 Å². The second-order valence-electron chi connectivity index (χ2n) is 5.87. The highest BCUT2D eigenvalue weighted by molar-refractivity contribution is 5.89. The van der Waals surface area contributed by atoms with Crippen LogP contribution >= 0.6 is 0 Å². The summed E-state index contributed by atoms with van der Waals surface area (Å²) in [6.07, 6.45) is 7.81. The summed E-state index contributed by atoms with van der Waals surface area (Å²) in [6.45, 7) is 4.38. The summed E-state index contributed by atoms with van der Waals surface area (Å²) in [5.41, 5.74) is 0.588. The third-order valence-electron chi connectivity index (χ3n) is 3.65. The maximum atomic E-state index is 10.8. The normalized spacial score (nSPS) is 12.7. The number of Topliss-reactive ketones (excluding diaryl/α,β-unsaturated/α-hetero) is 1. The molecule has 0 atom stereocenters. The molecule has 1 saturated carbocycles. The third-order valence-corrected chi connectivity index (χ3v) is 3.65. The van der Waals surface area contributed by atoms with Crippen LogP contribution in [0.1, 0.15) is 75.6 Å². The van der Waals surface area contributed by atoms with Crippen LogP contribution in [0.15, 0.2) is 30.3 Å². The summed E-state index contributed by atoms with van der Waals surface area (Å²) in [6, 6.07) is 8.88. The van der Waals surface area contributed by atoms with E-state index in [9.17, 15) is 14.4 Å². The molecule has 5 heteroatoms. The lowest BCUT2D eigenvalue weighted by Crippen LogP contribution is -2.02. The molecule has 1 aromatic carbocycles. The highest BCUT2D eigenvalue weighted by Crippen LogP contribution is 2.12. The number of carbonyl (C=O) groups excluding carboxylic acids is 3. The maximum absolute atomic E-state index is 10.8. The SMILES string of the molecule is CCCCC(=O)OCC.COC(=O)c1ccccc1.O=C1CCCCC1. The number of rotatable bonds is 5. The highest BCUT2D eigenvalue weighted by atomic mass is 16.5. The summed E-state index contributed by atoms with van der Waals surface area (Å²) >= 11 is 0. The van der Waals surface area contributed by atoms with Gasteiger partial charge in [0.15, 0.2) is 0 Å². The largest absolute Gasteiger partial charge is 0.466 e. The molecule has 146 valence electrons. The molecule has 0 unspecified atom stereocenters. The fourth-order valence-corrected chi connectivity index (χ4v) is 2.19. The third kappa shape index (κ3) is 13.2. The van der Waals surface area contributed by atoms with Crippen LogP contribution in [0.3, 0.4) is 0 Å². The van der Waals surface area contributed by atoms with Gasteiger partial charge in [-0.25, -0.2) is 4.79 Å². The molecule has 0 heterocycles. The van der Waals surface area contributed by atoms with E-state index in [1.54, 1.807) is 24.3 Å². The smallest absolute Gasteiger partial charge is 0.337 e. The monoisotopic (exact) mass is 364 g/mol. The number of benzene rings is 1. The van der Waals surface area contributed by atoms with E-state index < -0.39 is 0 Å². The van der Waals surface area contributed by atoms with E-state index in [0.29, 0.717) is 24.4 Å². The quantitative estimate of drug-likeness (QED) is 0.706. The van der Waals surface area contributed by atoms with Crippen molar-refractivity contribution in [2.45, 2.75) is 65.2 Å². The summed E-state index contributed by atoms with van der Waals surface area (Å²) in [4.78, 5) is 31.8. The molecule has 1 aliphatic rings. The van der Waals surface area contributed by atoms with Crippen molar-refractivity contribution in [2.75, 3.05) is 13.7 Å². The lowest BCUT2D eigenvalue weighted by molar-refractivity contribution is -0.143. The summed E-state index contributed by atoms with van der Waals surface area (Å²) < 4.78 is 9.20. The van der Waals surface area contributed by atoms with E-state index >= 15 is 0 Å². The Hall–Kier alpha value is -2.17. The molecular weight excluding hydrogens is 332 g/mol. The minimum Gasteiger partial charge on any atom is -0.466 e. The predicted molar refractivity (Wildman–Crippen MR) is 102 cm³/mol. The predicted octanol–water partition coefficient (Wildman–Crippen LogP) is 4.73. The molecule has 0 aromatic heterocycles. The van der Waals surface area contributed by atoms with Crippen molar-refractivity contribution in [3.05, 3.63) is 35.9 Å². The molecule has 0 spiro atoms. The van der Waals surface area contributed by atoms with Crippen LogP contribution < -0.4 is 0 Å². The number of methoxy groups -OCH3 is 1. The Morgan fingerprint density at radius 1 is 1.00 bits per heavy atom. The van der Waals surface area contributed by atoms with Gasteiger partial charge in [0.1, 0.15) is 5.78 Å². The molecule has 2 rings (SSSR count). The fraction of sp³-hybridized carbons (Fsp3) is 0.571. The Morgan fingerprint density at radius 3 is 2.04 bits per heavy atom. The molecule has 1 aromatic rings. The Labute approximate surface area is 157 Å². The zero-order valence-electron chi connectivity index (χ0n) is 16.3. The Morgan fingerprint density at radius 2 is 1.62 bits per heavy atom. The van der Waals surface area contributed by atoms with Crippen molar-refractivity contribution in [3.8, 4) is 0 Å². The van der Waals surface area contributed by atoms with E-state index in [4.69, 9.17) is 4.74 Å². The van der Waals surface area contributed by atoms with Crippen LogP contribution in [0, 0.1) is 0 Å². The van der Waals surface area contributed by atoms with Crippen molar-refractivity contribution in [3.63, 3.8) is 0 Å². The van der Waals surface area contributed by atoms with Crippen LogP contribution in [0.4, 0.5) is 0 Å². The van der Waals surface area contributed by atoms with Gasteiger partial charge in [-0.1, -0.05) is 38.0 Å². The zero-order chi connectivity index (χ0) is 19.6. The number of ketones is 1.